The van der Waals surface area contributed by atoms with Crippen molar-refractivity contribution in [3.63, 3.8) is 0 Å². The molecule has 2 aliphatic rings. The molecule has 7 nitrogen and oxygen atoms in total. The monoisotopic (exact) mass is 403 g/mol. The maximum Gasteiger partial charge on any atom is 0.271 e. The highest BCUT2D eigenvalue weighted by Gasteiger charge is 2.36. The van der Waals surface area contributed by atoms with Crippen molar-refractivity contribution in [2.24, 2.45) is 0 Å². The summed E-state index contributed by atoms with van der Waals surface area (Å²) in [6.07, 6.45) is 3.43. The van der Waals surface area contributed by atoms with Crippen molar-refractivity contribution in [2.45, 2.75) is 37.6 Å². The molecule has 1 saturated heterocycles. The van der Waals surface area contributed by atoms with Crippen LogP contribution in [0.2, 0.25) is 0 Å². The smallest absolute Gasteiger partial charge is 0.271 e. The van der Waals surface area contributed by atoms with Crippen LogP contribution >= 0.6 is 0 Å². The number of aromatic nitrogens is 2. The first-order valence-corrected chi connectivity index (χ1v) is 11.5. The van der Waals surface area contributed by atoms with Crippen LogP contribution in [0.1, 0.15) is 53.0 Å². The molecule has 2 heterocycles. The van der Waals surface area contributed by atoms with Gasteiger partial charge in [-0.1, -0.05) is 12.1 Å². The SMILES string of the molecule is COc1ccc(CCNC(=O)c2cc(C3CC3)n(C3CCS(=O)(=O)C3)n2)cc1. The molecule has 0 spiro atoms. The highest BCUT2D eigenvalue weighted by molar-refractivity contribution is 7.91. The fourth-order valence-electron chi connectivity index (χ4n) is 3.67. The number of benzene rings is 1. The molecule has 1 amide bonds. The molecule has 0 radical (unpaired) electrons. The van der Waals surface area contributed by atoms with Crippen molar-refractivity contribution in [1.29, 1.82) is 0 Å². The average Bonchev–Trinajstić information content (AvgIpc) is 3.32. The second kappa shape index (κ2) is 7.58. The maximum absolute atomic E-state index is 12.6. The standard InChI is InChI=1S/C20H25N3O4S/c1-27-17-6-2-14(3-7-17)8-10-21-20(24)18-12-19(15-4-5-15)23(22-18)16-9-11-28(25,26)13-16/h2-3,6-7,12,15-16H,4-5,8-11,13H2,1H3,(H,21,24). The van der Waals surface area contributed by atoms with Gasteiger partial charge < -0.3 is 10.1 Å². The van der Waals surface area contributed by atoms with E-state index in [1.54, 1.807) is 11.8 Å². The predicted molar refractivity (Wildman–Crippen MR) is 106 cm³/mol. The lowest BCUT2D eigenvalue weighted by Gasteiger charge is -2.12. The van der Waals surface area contributed by atoms with Crippen molar-refractivity contribution in [2.75, 3.05) is 25.2 Å². The van der Waals surface area contributed by atoms with Gasteiger partial charge in [0.1, 0.15) is 11.4 Å². The highest BCUT2D eigenvalue weighted by atomic mass is 32.2. The molecule has 1 atom stereocenters. The van der Waals surface area contributed by atoms with Crippen molar-refractivity contribution >= 4 is 15.7 Å². The van der Waals surface area contributed by atoms with E-state index in [1.807, 2.05) is 30.3 Å². The second-order valence-electron chi connectivity index (χ2n) is 7.58. The molecule has 28 heavy (non-hydrogen) atoms. The van der Waals surface area contributed by atoms with E-state index in [0.29, 0.717) is 31.0 Å². The Hall–Kier alpha value is -2.35. The minimum absolute atomic E-state index is 0.118. The number of ether oxygens (including phenoxy) is 1. The summed E-state index contributed by atoms with van der Waals surface area (Å²) in [4.78, 5) is 12.6. The fraction of sp³-hybridized carbons (Fsp3) is 0.500. The van der Waals surface area contributed by atoms with E-state index < -0.39 is 9.84 Å². The Kier molecular flexibility index (Phi) is 5.14. The van der Waals surface area contributed by atoms with Gasteiger partial charge in [-0.3, -0.25) is 9.48 Å². The lowest BCUT2D eigenvalue weighted by molar-refractivity contribution is 0.0948. The Labute approximate surface area is 165 Å². The first kappa shape index (κ1) is 19.0. The van der Waals surface area contributed by atoms with Gasteiger partial charge in [0.2, 0.25) is 0 Å². The largest absolute Gasteiger partial charge is 0.497 e. The van der Waals surface area contributed by atoms with Gasteiger partial charge in [0.15, 0.2) is 9.84 Å². The zero-order chi connectivity index (χ0) is 19.7. The van der Waals surface area contributed by atoms with Gasteiger partial charge >= 0.3 is 0 Å². The number of carbonyl (C=O) groups is 1. The number of hydrogen-bond acceptors (Lipinski definition) is 5. The van der Waals surface area contributed by atoms with E-state index in [2.05, 4.69) is 10.4 Å². The average molecular weight is 404 g/mol. The van der Waals surface area contributed by atoms with Crippen LogP contribution in [-0.4, -0.2) is 49.3 Å². The molecule has 1 saturated carbocycles. The summed E-state index contributed by atoms with van der Waals surface area (Å²) in [7, 11) is -1.37. The first-order valence-electron chi connectivity index (χ1n) is 9.66. The van der Waals surface area contributed by atoms with Gasteiger partial charge in [0.05, 0.1) is 24.7 Å². The topological polar surface area (TPSA) is 90.3 Å². The quantitative estimate of drug-likeness (QED) is 0.765. The van der Waals surface area contributed by atoms with Gasteiger partial charge in [-0.2, -0.15) is 5.10 Å². The van der Waals surface area contributed by atoms with Crippen molar-refractivity contribution in [3.05, 3.63) is 47.3 Å². The zero-order valence-electron chi connectivity index (χ0n) is 15.9. The zero-order valence-corrected chi connectivity index (χ0v) is 16.7. The Balaban J connectivity index is 1.40. The van der Waals surface area contributed by atoms with Crippen LogP contribution in [0.15, 0.2) is 30.3 Å². The van der Waals surface area contributed by atoms with E-state index in [9.17, 15) is 13.2 Å². The minimum Gasteiger partial charge on any atom is -0.497 e. The van der Waals surface area contributed by atoms with Crippen molar-refractivity contribution in [3.8, 4) is 5.75 Å². The molecule has 0 bridgehead atoms. The van der Waals surface area contributed by atoms with Crippen LogP contribution in [0.25, 0.3) is 0 Å². The molecule has 1 N–H and O–H groups in total. The summed E-state index contributed by atoms with van der Waals surface area (Å²) < 4.78 is 30.6. The van der Waals surface area contributed by atoms with Crippen LogP contribution in [0.4, 0.5) is 0 Å². The number of nitrogens with zero attached hydrogens (tertiary/aromatic N) is 2. The summed E-state index contributed by atoms with van der Waals surface area (Å²) in [6, 6.07) is 9.44. The van der Waals surface area contributed by atoms with Crippen LogP contribution in [0.5, 0.6) is 5.75 Å². The Morgan fingerprint density at radius 2 is 2.00 bits per heavy atom. The molecule has 1 aliphatic heterocycles. The first-order chi connectivity index (χ1) is 13.4. The van der Waals surface area contributed by atoms with Crippen LogP contribution in [-0.2, 0) is 16.3 Å². The van der Waals surface area contributed by atoms with E-state index >= 15 is 0 Å². The van der Waals surface area contributed by atoms with Gasteiger partial charge in [0.25, 0.3) is 5.91 Å². The molecule has 1 aromatic heterocycles. The van der Waals surface area contributed by atoms with E-state index in [0.717, 1.165) is 29.8 Å². The number of amides is 1. The van der Waals surface area contributed by atoms with Gasteiger partial charge in [-0.05, 0) is 49.4 Å². The molecule has 4 rings (SSSR count). The number of sulfone groups is 1. The summed E-state index contributed by atoms with van der Waals surface area (Å²) in [5, 5.41) is 7.41. The number of methoxy groups -OCH3 is 1. The Bertz CT molecular complexity index is 962. The molecule has 1 aromatic carbocycles. The van der Waals surface area contributed by atoms with Crippen molar-refractivity contribution in [1.82, 2.24) is 15.1 Å². The van der Waals surface area contributed by atoms with E-state index in [1.165, 1.54) is 0 Å². The molecular formula is C20H25N3O4S. The Morgan fingerprint density at radius 1 is 1.25 bits per heavy atom. The summed E-state index contributed by atoms with van der Waals surface area (Å²) >= 11 is 0. The highest BCUT2D eigenvalue weighted by Crippen LogP contribution is 2.42. The van der Waals surface area contributed by atoms with Gasteiger partial charge in [-0.15, -0.1) is 0 Å². The predicted octanol–water partition coefficient (Wildman–Crippen LogP) is 2.10. The number of nitrogens with one attached hydrogen (secondary N) is 1. The Morgan fingerprint density at radius 3 is 2.61 bits per heavy atom. The lowest BCUT2D eigenvalue weighted by Crippen LogP contribution is -2.26. The van der Waals surface area contributed by atoms with Crippen LogP contribution in [0.3, 0.4) is 0 Å². The summed E-state index contributed by atoms with van der Waals surface area (Å²) in [6.45, 7) is 0.509. The third kappa shape index (κ3) is 4.22. The molecule has 8 heteroatoms. The third-order valence-corrected chi connectivity index (χ3v) is 7.16. The third-order valence-electron chi connectivity index (χ3n) is 5.41. The van der Waals surface area contributed by atoms with Gasteiger partial charge in [-0.25, -0.2) is 8.42 Å². The maximum atomic E-state index is 12.6. The summed E-state index contributed by atoms with van der Waals surface area (Å²) in [5.74, 6) is 1.31. The van der Waals surface area contributed by atoms with Gasteiger partial charge in [0, 0.05) is 18.2 Å². The molecule has 1 unspecified atom stereocenters. The van der Waals surface area contributed by atoms with Crippen molar-refractivity contribution < 1.29 is 17.9 Å². The molecular weight excluding hydrogens is 378 g/mol. The normalized spacial score (nSPS) is 20.8. The number of carbonyl (C=O) groups excluding carboxylic acids is 1. The minimum atomic E-state index is -3.00. The molecule has 2 fully saturated rings. The van der Waals surface area contributed by atoms with E-state index in [-0.39, 0.29) is 23.5 Å². The molecule has 2 aromatic rings. The molecule has 1 aliphatic carbocycles. The fourth-order valence-corrected chi connectivity index (χ4v) is 5.36. The number of rotatable bonds is 7. The van der Waals surface area contributed by atoms with Crippen LogP contribution < -0.4 is 10.1 Å². The number of hydrogen-bond donors (Lipinski definition) is 1. The lowest BCUT2D eigenvalue weighted by atomic mass is 10.1. The summed E-state index contributed by atoms with van der Waals surface area (Å²) in [5.41, 5.74) is 2.49. The van der Waals surface area contributed by atoms with E-state index in [4.69, 9.17) is 4.74 Å². The second-order valence-corrected chi connectivity index (χ2v) is 9.81. The molecule has 150 valence electrons. The van der Waals surface area contributed by atoms with Crippen LogP contribution in [0, 0.1) is 0 Å².